The van der Waals surface area contributed by atoms with Gasteiger partial charge in [-0.25, -0.2) is 14.3 Å². The fourth-order valence-corrected chi connectivity index (χ4v) is 3.22. The Hall–Kier alpha value is -3.21. The molecule has 0 saturated carbocycles. The molecule has 0 aliphatic rings. The molecular formula is C20H19N5. The highest BCUT2D eigenvalue weighted by atomic mass is 15.3. The average molecular weight is 329 g/mol. The first-order valence-electron chi connectivity index (χ1n) is 8.39. The van der Waals surface area contributed by atoms with Crippen LogP contribution in [0.5, 0.6) is 0 Å². The molecule has 2 heterocycles. The van der Waals surface area contributed by atoms with Crippen LogP contribution in [0.3, 0.4) is 0 Å². The van der Waals surface area contributed by atoms with Crippen LogP contribution in [-0.2, 0) is 6.42 Å². The lowest BCUT2D eigenvalue weighted by molar-refractivity contribution is 0.588. The molecule has 0 radical (unpaired) electrons. The fraction of sp³-hybridized carbons (Fsp3) is 0.150. The van der Waals surface area contributed by atoms with Crippen LogP contribution in [-0.4, -0.2) is 24.5 Å². The molecule has 0 fully saturated rings. The van der Waals surface area contributed by atoms with Crippen molar-refractivity contribution in [3.63, 3.8) is 0 Å². The quantitative estimate of drug-likeness (QED) is 0.561. The van der Waals surface area contributed by atoms with Crippen LogP contribution in [0.2, 0.25) is 0 Å². The van der Waals surface area contributed by atoms with Crippen molar-refractivity contribution in [2.75, 3.05) is 0 Å². The summed E-state index contributed by atoms with van der Waals surface area (Å²) in [7, 11) is 0. The van der Waals surface area contributed by atoms with E-state index in [1.807, 2.05) is 52.0 Å². The number of nitrogens with zero attached hydrogens (tertiary/aromatic N) is 5. The average Bonchev–Trinajstić information content (AvgIpc) is 3.34. The second-order valence-electron chi connectivity index (χ2n) is 5.84. The number of hydrogen-bond donors (Lipinski definition) is 0. The van der Waals surface area contributed by atoms with Gasteiger partial charge in [-0.15, -0.1) is 0 Å². The third-order valence-electron chi connectivity index (χ3n) is 4.35. The van der Waals surface area contributed by atoms with E-state index in [0.717, 1.165) is 23.2 Å². The van der Waals surface area contributed by atoms with Crippen molar-refractivity contribution in [2.45, 2.75) is 19.4 Å². The van der Waals surface area contributed by atoms with Crippen LogP contribution in [0, 0.1) is 0 Å². The summed E-state index contributed by atoms with van der Waals surface area (Å²) in [6, 6.07) is 20.5. The van der Waals surface area contributed by atoms with Gasteiger partial charge in [0.1, 0.15) is 18.7 Å². The molecule has 25 heavy (non-hydrogen) atoms. The SMILES string of the molecule is CCc1c(C(c2ccccc2)n2cncn2)cnn1-c1ccccc1. The summed E-state index contributed by atoms with van der Waals surface area (Å²) in [6.45, 7) is 2.16. The molecule has 124 valence electrons. The van der Waals surface area contributed by atoms with Crippen LogP contribution in [0.25, 0.3) is 5.69 Å². The van der Waals surface area contributed by atoms with Gasteiger partial charge in [-0.2, -0.15) is 10.2 Å². The molecule has 5 heteroatoms. The second kappa shape index (κ2) is 6.73. The zero-order valence-corrected chi connectivity index (χ0v) is 14.0. The van der Waals surface area contributed by atoms with Crippen LogP contribution in [0.4, 0.5) is 0 Å². The lowest BCUT2D eigenvalue weighted by Crippen LogP contribution is -2.15. The largest absolute Gasteiger partial charge is 0.241 e. The highest BCUT2D eigenvalue weighted by molar-refractivity contribution is 5.39. The predicted molar refractivity (Wildman–Crippen MR) is 96.6 cm³/mol. The first-order chi connectivity index (χ1) is 12.4. The highest BCUT2D eigenvalue weighted by Gasteiger charge is 2.23. The van der Waals surface area contributed by atoms with Crippen LogP contribution in [0.15, 0.2) is 79.5 Å². The van der Waals surface area contributed by atoms with Crippen LogP contribution >= 0.6 is 0 Å². The number of aromatic nitrogens is 5. The van der Waals surface area contributed by atoms with Gasteiger partial charge in [0.05, 0.1) is 11.9 Å². The van der Waals surface area contributed by atoms with E-state index in [1.165, 1.54) is 5.69 Å². The van der Waals surface area contributed by atoms with Crippen molar-refractivity contribution in [1.29, 1.82) is 0 Å². The van der Waals surface area contributed by atoms with Crippen molar-refractivity contribution in [2.24, 2.45) is 0 Å². The Bertz CT molecular complexity index is 927. The number of benzene rings is 2. The van der Waals surface area contributed by atoms with Gasteiger partial charge in [-0.1, -0.05) is 55.5 Å². The minimum atomic E-state index is -0.0453. The monoisotopic (exact) mass is 329 g/mol. The maximum absolute atomic E-state index is 4.67. The summed E-state index contributed by atoms with van der Waals surface area (Å²) in [4.78, 5) is 4.14. The summed E-state index contributed by atoms with van der Waals surface area (Å²) in [5.74, 6) is 0. The smallest absolute Gasteiger partial charge is 0.137 e. The van der Waals surface area contributed by atoms with Crippen LogP contribution in [0.1, 0.15) is 29.8 Å². The number of rotatable bonds is 5. The maximum atomic E-state index is 4.67. The Morgan fingerprint density at radius 2 is 1.64 bits per heavy atom. The normalized spacial score (nSPS) is 12.2. The standard InChI is InChI=1S/C20H19N5/c1-2-19-18(13-22-25(19)17-11-7-4-8-12-17)20(24-15-21-14-23-24)16-9-5-3-6-10-16/h3-15,20H,2H2,1H3. The van der Waals surface area contributed by atoms with Gasteiger partial charge in [0.2, 0.25) is 0 Å². The Morgan fingerprint density at radius 3 is 2.28 bits per heavy atom. The van der Waals surface area contributed by atoms with E-state index < -0.39 is 0 Å². The van der Waals surface area contributed by atoms with Crippen molar-refractivity contribution in [3.05, 3.63) is 96.3 Å². The fourth-order valence-electron chi connectivity index (χ4n) is 3.22. The molecule has 1 unspecified atom stereocenters. The molecule has 2 aromatic heterocycles. The van der Waals surface area contributed by atoms with Gasteiger partial charge in [-0.05, 0) is 24.1 Å². The summed E-state index contributed by atoms with van der Waals surface area (Å²) in [5.41, 5.74) is 4.55. The van der Waals surface area contributed by atoms with E-state index in [9.17, 15) is 0 Å². The number of hydrogen-bond acceptors (Lipinski definition) is 3. The molecule has 4 rings (SSSR count). The zero-order chi connectivity index (χ0) is 17.1. The van der Waals surface area contributed by atoms with E-state index in [4.69, 9.17) is 0 Å². The minimum absolute atomic E-state index is 0.0453. The van der Waals surface area contributed by atoms with Gasteiger partial charge < -0.3 is 0 Å². The summed E-state index contributed by atoms with van der Waals surface area (Å²) < 4.78 is 3.91. The van der Waals surface area contributed by atoms with Gasteiger partial charge in [0.15, 0.2) is 0 Å². The zero-order valence-electron chi connectivity index (χ0n) is 14.0. The van der Waals surface area contributed by atoms with Crippen molar-refractivity contribution in [3.8, 4) is 5.69 Å². The molecular weight excluding hydrogens is 310 g/mol. The summed E-state index contributed by atoms with van der Waals surface area (Å²) in [6.07, 6.45) is 6.16. The first-order valence-corrected chi connectivity index (χ1v) is 8.39. The third-order valence-corrected chi connectivity index (χ3v) is 4.35. The van der Waals surface area contributed by atoms with E-state index in [2.05, 4.69) is 46.4 Å². The highest BCUT2D eigenvalue weighted by Crippen LogP contribution is 2.29. The van der Waals surface area contributed by atoms with E-state index in [-0.39, 0.29) is 6.04 Å². The maximum Gasteiger partial charge on any atom is 0.137 e. The molecule has 0 bridgehead atoms. The Labute approximate surface area is 146 Å². The molecule has 0 aliphatic heterocycles. The molecule has 2 aromatic carbocycles. The van der Waals surface area contributed by atoms with E-state index in [1.54, 1.807) is 12.7 Å². The Morgan fingerprint density at radius 1 is 0.920 bits per heavy atom. The molecule has 1 atom stereocenters. The van der Waals surface area contributed by atoms with Crippen molar-refractivity contribution in [1.82, 2.24) is 24.5 Å². The lowest BCUT2D eigenvalue weighted by atomic mass is 9.98. The molecule has 5 nitrogen and oxygen atoms in total. The van der Waals surface area contributed by atoms with E-state index in [0.29, 0.717) is 0 Å². The lowest BCUT2D eigenvalue weighted by Gasteiger charge is -2.18. The first kappa shape index (κ1) is 15.3. The van der Waals surface area contributed by atoms with E-state index >= 15 is 0 Å². The summed E-state index contributed by atoms with van der Waals surface area (Å²) in [5, 5.41) is 9.06. The second-order valence-corrected chi connectivity index (χ2v) is 5.84. The molecule has 0 N–H and O–H groups in total. The van der Waals surface area contributed by atoms with Crippen LogP contribution < -0.4 is 0 Å². The van der Waals surface area contributed by atoms with Gasteiger partial charge >= 0.3 is 0 Å². The predicted octanol–water partition coefficient (Wildman–Crippen LogP) is 3.66. The topological polar surface area (TPSA) is 48.5 Å². The minimum Gasteiger partial charge on any atom is -0.241 e. The molecule has 0 spiro atoms. The summed E-state index contributed by atoms with van der Waals surface area (Å²) >= 11 is 0. The van der Waals surface area contributed by atoms with Gasteiger partial charge in [0, 0.05) is 11.3 Å². The third kappa shape index (κ3) is 2.85. The molecule has 0 amide bonds. The van der Waals surface area contributed by atoms with Crippen molar-refractivity contribution < 1.29 is 0 Å². The molecule has 0 aliphatic carbocycles. The Kier molecular flexibility index (Phi) is 4.12. The molecule has 0 saturated heterocycles. The number of para-hydroxylation sites is 1. The van der Waals surface area contributed by atoms with Gasteiger partial charge in [0.25, 0.3) is 0 Å². The van der Waals surface area contributed by atoms with Gasteiger partial charge in [-0.3, -0.25) is 0 Å². The molecule has 4 aromatic rings. The Balaban J connectivity index is 1.88. The van der Waals surface area contributed by atoms with Crippen molar-refractivity contribution >= 4 is 0 Å².